The van der Waals surface area contributed by atoms with Crippen LogP contribution in [0.2, 0.25) is 0 Å². The second kappa shape index (κ2) is 14.1. The predicted octanol–water partition coefficient (Wildman–Crippen LogP) is 17.4. The lowest BCUT2D eigenvalue weighted by Crippen LogP contribution is -2.00. The average molecular weight is 851 g/mol. The molecule has 0 N–H and O–H groups in total. The molecule has 64 heavy (non-hydrogen) atoms. The van der Waals surface area contributed by atoms with E-state index < -0.39 is 0 Å². The maximum atomic E-state index is 2.46. The van der Waals surface area contributed by atoms with E-state index in [2.05, 4.69) is 215 Å². The Bertz CT molecular complexity index is 4040. The highest BCUT2D eigenvalue weighted by molar-refractivity contribution is 7.44. The van der Waals surface area contributed by atoms with Crippen LogP contribution in [-0.2, 0) is 6.42 Å². The van der Waals surface area contributed by atoms with E-state index in [1.807, 2.05) is 0 Å². The predicted molar refractivity (Wildman–Crippen MR) is 280 cm³/mol. The maximum Gasteiger partial charge on any atom is 0.0541 e. The molecule has 0 saturated carbocycles. The summed E-state index contributed by atoms with van der Waals surface area (Å²) in [7, 11) is 1.33. The molecule has 14 rings (SSSR count). The molecule has 0 bridgehead atoms. The number of allylic oxidation sites excluding steroid dienone is 1. The Morgan fingerprint density at radius 2 is 0.734 bits per heavy atom. The lowest BCUT2D eigenvalue weighted by molar-refractivity contribution is 0.968. The summed E-state index contributed by atoms with van der Waals surface area (Å²) in [4.78, 5) is 0. The molecule has 4 heterocycles. The van der Waals surface area contributed by atoms with Crippen molar-refractivity contribution < 1.29 is 0 Å². The van der Waals surface area contributed by atoms with E-state index >= 15 is 0 Å². The van der Waals surface area contributed by atoms with Crippen LogP contribution >= 0.6 is 16.4 Å². The lowest BCUT2D eigenvalue weighted by Gasteiger charge is -2.13. The van der Waals surface area contributed by atoms with Gasteiger partial charge in [0, 0.05) is 33.2 Å². The zero-order valence-electron chi connectivity index (χ0n) is 34.9. The van der Waals surface area contributed by atoms with Crippen LogP contribution in [0.25, 0.3) is 126 Å². The second-order valence-electron chi connectivity index (χ2n) is 17.4. The molecule has 0 saturated heterocycles. The maximum absolute atomic E-state index is 2.46. The lowest BCUT2D eigenvalue weighted by atomic mass is 9.98. The molecule has 0 amide bonds. The van der Waals surface area contributed by atoms with Gasteiger partial charge in [-0.05, 0) is 191 Å². The third-order valence-corrected chi connectivity index (χ3v) is 16.7. The number of rotatable bonds is 5. The number of fused-ring (bicyclic) bond motifs is 12. The van der Waals surface area contributed by atoms with Crippen LogP contribution in [0, 0.1) is 0 Å². The molecule has 2 nitrogen and oxygen atoms in total. The Labute approximate surface area is 373 Å². The summed E-state index contributed by atoms with van der Waals surface area (Å²) in [6.07, 6.45) is 6.83. The molecule has 1 aliphatic rings. The van der Waals surface area contributed by atoms with Crippen LogP contribution < -0.4 is 0 Å². The summed E-state index contributed by atoms with van der Waals surface area (Å²) in [6, 6.07) is 73.2. The van der Waals surface area contributed by atoms with Gasteiger partial charge in [0.15, 0.2) is 0 Å². The molecule has 1 aliphatic carbocycles. The van der Waals surface area contributed by atoms with Crippen molar-refractivity contribution in [1.82, 2.24) is 9.13 Å². The molecule has 0 fully saturated rings. The van der Waals surface area contributed by atoms with Crippen molar-refractivity contribution in [2.45, 2.75) is 12.8 Å². The van der Waals surface area contributed by atoms with Crippen LogP contribution in [-0.4, -0.2) is 9.13 Å². The van der Waals surface area contributed by atoms with Crippen molar-refractivity contribution in [2.75, 3.05) is 0 Å². The summed E-state index contributed by atoms with van der Waals surface area (Å²) >= 11 is 0. The number of para-hydroxylation sites is 3. The average Bonchev–Trinajstić information content (AvgIpc) is 4.11. The van der Waals surface area contributed by atoms with E-state index in [0.717, 1.165) is 12.8 Å². The van der Waals surface area contributed by atoms with Crippen LogP contribution in [0.5, 0.6) is 0 Å². The van der Waals surface area contributed by atoms with Crippen molar-refractivity contribution in [3.8, 4) is 44.8 Å². The Kier molecular flexibility index (Phi) is 7.96. The van der Waals surface area contributed by atoms with Gasteiger partial charge in [-0.3, -0.25) is 0 Å². The molecule has 0 radical (unpaired) electrons. The highest BCUT2D eigenvalue weighted by Gasteiger charge is 2.19. The van der Waals surface area contributed by atoms with Crippen LogP contribution in [0.15, 0.2) is 200 Å². The van der Waals surface area contributed by atoms with Crippen molar-refractivity contribution in [3.63, 3.8) is 0 Å². The van der Waals surface area contributed by atoms with Crippen LogP contribution in [0.4, 0.5) is 0 Å². The molecule has 0 aliphatic heterocycles. The van der Waals surface area contributed by atoms with Gasteiger partial charge in [0.1, 0.15) is 0 Å². The fraction of sp³-hybridized carbons (Fsp3) is 0.0333. The molecule has 4 heteroatoms. The smallest absolute Gasteiger partial charge is 0.0541 e. The number of hydrogen-bond acceptors (Lipinski definition) is 0. The fourth-order valence-electron chi connectivity index (χ4n) is 10.8. The summed E-state index contributed by atoms with van der Waals surface area (Å²) < 4.78 is 4.87. The van der Waals surface area contributed by atoms with Gasteiger partial charge in [-0.1, -0.05) is 109 Å². The van der Waals surface area contributed by atoms with E-state index in [4.69, 9.17) is 0 Å². The van der Waals surface area contributed by atoms with Gasteiger partial charge in [0.2, 0.25) is 0 Å². The summed E-state index contributed by atoms with van der Waals surface area (Å²) in [5, 5.41) is 15.1. The van der Waals surface area contributed by atoms with Crippen molar-refractivity contribution >= 4 is 97.2 Å². The molecule has 300 valence electrons. The first kappa shape index (κ1) is 36.2. The van der Waals surface area contributed by atoms with Gasteiger partial charge >= 0.3 is 0 Å². The first-order valence-electron chi connectivity index (χ1n) is 22.3. The van der Waals surface area contributed by atoms with Gasteiger partial charge in [-0.2, -0.15) is 0 Å². The normalized spacial score (nSPS) is 13.1. The Hall–Kier alpha value is -7.34. The number of aryl methyl sites for hydroxylation is 1. The Morgan fingerprint density at radius 1 is 0.328 bits per heavy atom. The number of aromatic nitrogens is 2. The molecule has 4 aromatic heterocycles. The zero-order chi connectivity index (χ0) is 41.9. The Morgan fingerprint density at radius 3 is 1.22 bits per heavy atom. The molecule has 9 aromatic carbocycles. The quantitative estimate of drug-likeness (QED) is 0.163. The molecule has 0 spiro atoms. The van der Waals surface area contributed by atoms with E-state index in [1.54, 1.807) is 0 Å². The molecule has 13 aromatic rings. The van der Waals surface area contributed by atoms with Gasteiger partial charge < -0.3 is 9.13 Å². The summed E-state index contributed by atoms with van der Waals surface area (Å²) in [6.45, 7) is 0. The third kappa shape index (κ3) is 5.53. The van der Waals surface area contributed by atoms with E-state index in [0.29, 0.717) is 16.4 Å². The number of hydrogen-bond donors (Lipinski definition) is 0. The fourth-order valence-corrected chi connectivity index (χ4v) is 13.4. The van der Waals surface area contributed by atoms with Crippen molar-refractivity contribution in [1.29, 1.82) is 0 Å². The number of benzene rings is 9. The summed E-state index contributed by atoms with van der Waals surface area (Å²) in [5.74, 6) is 0. The number of nitrogens with zero attached hydrogens (tertiary/aromatic N) is 2. The van der Waals surface area contributed by atoms with E-state index in [9.17, 15) is 0 Å². The van der Waals surface area contributed by atoms with Gasteiger partial charge in [-0.25, -0.2) is 0 Å². The van der Waals surface area contributed by atoms with Crippen LogP contribution in [0.1, 0.15) is 17.7 Å². The van der Waals surface area contributed by atoms with E-state index in [-0.39, 0.29) is 0 Å². The minimum atomic E-state index is 0.662. The molecule has 2 unspecified atom stereocenters. The minimum absolute atomic E-state index is 0.662. The van der Waals surface area contributed by atoms with Crippen LogP contribution in [0.3, 0.4) is 0 Å². The zero-order valence-corrected chi connectivity index (χ0v) is 36.9. The molecular formula is C60H40N2P2. The molecular weight excluding hydrogens is 811 g/mol. The topological polar surface area (TPSA) is 9.86 Å². The highest BCUT2D eigenvalue weighted by atomic mass is 31.0. The standard InChI is InChI=1S/C60H40N2P2/c1-5-19-53-45(15-1)46-16-2-6-20-54(46)61(53)43-13-9-11-37(31-43)39-23-27-57-49(33-39)51-35-41(25-29-59(51)63-57)42-26-30-60-52(36-42)50-34-40(24-28-58(50)64-60)38-12-10-14-44(32-38)62-55-21-7-3-17-47(55)48-18-4-8-22-56(48)62/h1-3,5-17,19-36,63-64H,4,18H2. The highest BCUT2D eigenvalue weighted by Crippen LogP contribution is 2.45. The van der Waals surface area contributed by atoms with Gasteiger partial charge in [0.05, 0.1) is 16.6 Å². The van der Waals surface area contributed by atoms with E-state index in [1.165, 1.54) is 131 Å². The first-order chi connectivity index (χ1) is 31.7. The largest absolute Gasteiger partial charge is 0.310 e. The monoisotopic (exact) mass is 850 g/mol. The van der Waals surface area contributed by atoms with Gasteiger partial charge in [0.25, 0.3) is 0 Å². The van der Waals surface area contributed by atoms with Crippen molar-refractivity contribution in [2.24, 2.45) is 0 Å². The SMILES string of the molecule is C1=Cc2c(c3ccccc3n2-c2cccc(-c3ccc4[pH]c5ccc(-c6ccc7[pH]c8ccc(-c9cccc(-n%10c%11ccccc%11c%11ccccc%11%10)c9)cc8c7c6)cc5c4c3)c2)CC1. The first-order valence-corrected chi connectivity index (χ1v) is 24.3. The minimum Gasteiger partial charge on any atom is -0.310 e. The van der Waals surface area contributed by atoms with Gasteiger partial charge in [-0.15, -0.1) is 16.4 Å². The van der Waals surface area contributed by atoms with Crippen molar-refractivity contribution in [3.05, 3.63) is 211 Å². The third-order valence-electron chi connectivity index (χ3n) is 13.8. The Balaban J connectivity index is 0.836. The second-order valence-corrected chi connectivity index (χ2v) is 20.1. The summed E-state index contributed by atoms with van der Waals surface area (Å²) in [5.41, 5.74) is 16.5. The molecule has 2 atom stereocenters.